The number of carbonyl (C=O) groups is 1. The number of hydrogen-bond acceptors (Lipinski definition) is 3. The van der Waals surface area contributed by atoms with Crippen LogP contribution in [0.2, 0.25) is 0 Å². The van der Waals surface area contributed by atoms with Gasteiger partial charge in [0.2, 0.25) is 0 Å². The van der Waals surface area contributed by atoms with Gasteiger partial charge in [0.25, 0.3) is 0 Å². The first-order valence-corrected chi connectivity index (χ1v) is 2.45. The zero-order valence-corrected chi connectivity index (χ0v) is 5.14. The Labute approximate surface area is 77.0 Å². The Morgan fingerprint density at radius 2 is 2.11 bits per heavy atom. The third-order valence-corrected chi connectivity index (χ3v) is 0.652. The van der Waals surface area contributed by atoms with Crippen LogP contribution in [0.25, 0.3) is 0 Å². The molecule has 0 heterocycles. The van der Waals surface area contributed by atoms with E-state index in [0.717, 1.165) is 0 Å². The van der Waals surface area contributed by atoms with Crippen molar-refractivity contribution in [2.24, 2.45) is 0 Å². The minimum absolute atomic E-state index is 0. The van der Waals surface area contributed by atoms with Crippen LogP contribution in [0.3, 0.4) is 0 Å². The van der Waals surface area contributed by atoms with E-state index in [1.807, 2.05) is 6.92 Å². The van der Waals surface area contributed by atoms with Crippen molar-refractivity contribution in [1.29, 1.82) is 0 Å². The second kappa shape index (κ2) is 8.43. The quantitative estimate of drug-likeness (QED) is 0.395. The van der Waals surface area contributed by atoms with Crippen molar-refractivity contribution in [3.63, 3.8) is 0 Å². The second-order valence-corrected chi connectivity index (χ2v) is 1.21. The predicted octanol–water partition coefficient (Wildman–Crippen LogP) is -0.453. The third kappa shape index (κ3) is 8.43. The van der Waals surface area contributed by atoms with Crippen molar-refractivity contribution in [2.45, 2.75) is 6.92 Å². The molecule has 0 rings (SSSR count). The van der Waals surface area contributed by atoms with E-state index in [1.54, 1.807) is 0 Å². The molecule has 0 aromatic carbocycles. The average Bonchev–Trinajstić information content (AvgIpc) is 1.83. The Balaban J connectivity index is 0. The SMILES string of the molecule is CCOCC(=O)OC.[NaH]. The molecule has 3 nitrogen and oxygen atoms in total. The van der Waals surface area contributed by atoms with Crippen LogP contribution in [-0.2, 0) is 14.3 Å². The number of carbonyl (C=O) groups excluding carboxylic acids is 1. The summed E-state index contributed by atoms with van der Waals surface area (Å²) in [5, 5.41) is 0. The molecule has 50 valence electrons. The number of esters is 1. The molecule has 0 unspecified atom stereocenters. The van der Waals surface area contributed by atoms with Gasteiger partial charge < -0.3 is 9.47 Å². The van der Waals surface area contributed by atoms with E-state index >= 15 is 0 Å². The summed E-state index contributed by atoms with van der Waals surface area (Å²) in [6, 6.07) is 0. The number of rotatable bonds is 3. The van der Waals surface area contributed by atoms with Crippen LogP contribution >= 0.6 is 0 Å². The fraction of sp³-hybridized carbons (Fsp3) is 0.800. The topological polar surface area (TPSA) is 35.5 Å². The number of methoxy groups -OCH3 is 1. The van der Waals surface area contributed by atoms with E-state index in [2.05, 4.69) is 4.74 Å². The normalized spacial score (nSPS) is 7.78. The Morgan fingerprint density at radius 3 is 2.44 bits per heavy atom. The zero-order valence-electron chi connectivity index (χ0n) is 5.14. The van der Waals surface area contributed by atoms with E-state index < -0.39 is 0 Å². The standard InChI is InChI=1S/C5H10O3.Na.H/c1-3-8-4-5(6)7-2;;/h3-4H2,1-2H3;;. The summed E-state index contributed by atoms with van der Waals surface area (Å²) in [4.78, 5) is 10.2. The summed E-state index contributed by atoms with van der Waals surface area (Å²) in [7, 11) is 1.33. The Hall–Kier alpha value is 0.430. The molecular formula is C5H11NaO3. The zero-order chi connectivity index (χ0) is 6.41. The Morgan fingerprint density at radius 1 is 1.56 bits per heavy atom. The molecule has 0 aliphatic heterocycles. The Kier molecular flexibility index (Phi) is 11.4. The first kappa shape index (κ1) is 12.1. The van der Waals surface area contributed by atoms with Crippen molar-refractivity contribution in [1.82, 2.24) is 0 Å². The maximum absolute atomic E-state index is 10.2. The number of hydrogen-bond donors (Lipinski definition) is 0. The van der Waals surface area contributed by atoms with Gasteiger partial charge in [0.05, 0.1) is 7.11 Å². The van der Waals surface area contributed by atoms with Gasteiger partial charge in [0.15, 0.2) is 0 Å². The van der Waals surface area contributed by atoms with Gasteiger partial charge in [-0.25, -0.2) is 4.79 Å². The first-order chi connectivity index (χ1) is 3.81. The summed E-state index contributed by atoms with van der Waals surface area (Å²) in [6.07, 6.45) is 0. The molecule has 0 saturated carbocycles. The summed E-state index contributed by atoms with van der Waals surface area (Å²) >= 11 is 0. The van der Waals surface area contributed by atoms with E-state index in [1.165, 1.54) is 7.11 Å². The second-order valence-electron chi connectivity index (χ2n) is 1.21. The molecule has 9 heavy (non-hydrogen) atoms. The van der Waals surface area contributed by atoms with E-state index in [9.17, 15) is 4.79 Å². The molecule has 0 spiro atoms. The van der Waals surface area contributed by atoms with Gasteiger partial charge in [-0.15, -0.1) is 0 Å². The van der Waals surface area contributed by atoms with Crippen molar-refractivity contribution >= 4 is 35.5 Å². The summed E-state index contributed by atoms with van der Waals surface area (Å²) in [5.74, 6) is -0.327. The summed E-state index contributed by atoms with van der Waals surface area (Å²) in [6.45, 7) is 2.44. The molecule has 0 N–H and O–H groups in total. The molecule has 4 heteroatoms. The van der Waals surface area contributed by atoms with Crippen LogP contribution < -0.4 is 0 Å². The van der Waals surface area contributed by atoms with Gasteiger partial charge in [0.1, 0.15) is 6.61 Å². The molecule has 0 aromatic heterocycles. The van der Waals surface area contributed by atoms with Crippen molar-refractivity contribution in [2.75, 3.05) is 20.3 Å². The fourth-order valence-electron chi connectivity index (χ4n) is 0.244. The van der Waals surface area contributed by atoms with E-state index in [-0.39, 0.29) is 42.1 Å². The van der Waals surface area contributed by atoms with Gasteiger partial charge in [-0.2, -0.15) is 0 Å². The molecule has 0 bridgehead atoms. The van der Waals surface area contributed by atoms with Crippen molar-refractivity contribution in [3.05, 3.63) is 0 Å². The summed E-state index contributed by atoms with van der Waals surface area (Å²) < 4.78 is 9.00. The first-order valence-electron chi connectivity index (χ1n) is 2.45. The van der Waals surface area contributed by atoms with Crippen LogP contribution in [0.1, 0.15) is 6.92 Å². The monoisotopic (exact) mass is 142 g/mol. The molecule has 0 atom stereocenters. The summed E-state index contributed by atoms with van der Waals surface area (Å²) in [5.41, 5.74) is 0. The van der Waals surface area contributed by atoms with Gasteiger partial charge in [-0.1, -0.05) is 0 Å². The van der Waals surface area contributed by atoms with Crippen molar-refractivity contribution in [3.8, 4) is 0 Å². The van der Waals surface area contributed by atoms with E-state index in [4.69, 9.17) is 4.74 Å². The Bertz CT molecular complexity index is 74.6. The third-order valence-electron chi connectivity index (χ3n) is 0.652. The van der Waals surface area contributed by atoms with Crippen LogP contribution in [0, 0.1) is 0 Å². The van der Waals surface area contributed by atoms with Crippen LogP contribution in [0.5, 0.6) is 0 Å². The molecule has 0 aliphatic rings. The molecule has 0 fully saturated rings. The van der Waals surface area contributed by atoms with Crippen LogP contribution in [-0.4, -0.2) is 55.9 Å². The number of ether oxygens (including phenoxy) is 2. The van der Waals surface area contributed by atoms with Gasteiger partial charge >= 0.3 is 35.5 Å². The minimum atomic E-state index is -0.327. The van der Waals surface area contributed by atoms with Crippen molar-refractivity contribution < 1.29 is 14.3 Å². The van der Waals surface area contributed by atoms with Crippen LogP contribution in [0.4, 0.5) is 0 Å². The van der Waals surface area contributed by atoms with Gasteiger partial charge in [0, 0.05) is 6.61 Å². The van der Waals surface area contributed by atoms with Gasteiger partial charge in [-0.05, 0) is 6.92 Å². The molecule has 0 radical (unpaired) electrons. The molecular weight excluding hydrogens is 131 g/mol. The van der Waals surface area contributed by atoms with Gasteiger partial charge in [-0.3, -0.25) is 0 Å². The molecule has 0 saturated heterocycles. The maximum atomic E-state index is 10.2. The molecule has 0 aromatic rings. The predicted molar refractivity (Wildman–Crippen MR) is 35.7 cm³/mol. The van der Waals surface area contributed by atoms with Crippen LogP contribution in [0.15, 0.2) is 0 Å². The fourth-order valence-corrected chi connectivity index (χ4v) is 0.244. The average molecular weight is 142 g/mol. The van der Waals surface area contributed by atoms with E-state index in [0.29, 0.717) is 6.61 Å². The molecule has 0 amide bonds. The molecule has 0 aliphatic carbocycles.